The van der Waals surface area contributed by atoms with E-state index in [2.05, 4.69) is 10.6 Å². The Bertz CT molecular complexity index is 526. The summed E-state index contributed by atoms with van der Waals surface area (Å²) in [5.74, 6) is 0.155. The van der Waals surface area contributed by atoms with Gasteiger partial charge in [-0.05, 0) is 32.2 Å². The first-order valence-electron chi connectivity index (χ1n) is 5.45. The summed E-state index contributed by atoms with van der Waals surface area (Å²) in [7, 11) is 0. The van der Waals surface area contributed by atoms with E-state index in [1.807, 2.05) is 38.3 Å². The van der Waals surface area contributed by atoms with Crippen LogP contribution in [0.5, 0.6) is 0 Å². The SMILES string of the molecule is CC(C)(C)ONC(=O)c1cc(-c2cccs2)on1. The van der Waals surface area contributed by atoms with Crippen LogP contribution < -0.4 is 5.48 Å². The number of hydroxylamine groups is 1. The van der Waals surface area contributed by atoms with Gasteiger partial charge in [-0.3, -0.25) is 9.63 Å². The Morgan fingerprint density at radius 1 is 1.50 bits per heavy atom. The number of amides is 1. The van der Waals surface area contributed by atoms with Crippen molar-refractivity contribution in [2.75, 3.05) is 0 Å². The van der Waals surface area contributed by atoms with Gasteiger partial charge in [-0.1, -0.05) is 11.2 Å². The number of aromatic nitrogens is 1. The summed E-state index contributed by atoms with van der Waals surface area (Å²) in [4.78, 5) is 17.8. The Balaban J connectivity index is 2.04. The highest BCUT2D eigenvalue weighted by molar-refractivity contribution is 7.13. The fraction of sp³-hybridized carbons (Fsp3) is 0.333. The minimum atomic E-state index is -0.448. The average Bonchev–Trinajstić information content (AvgIpc) is 2.94. The molecule has 0 aliphatic carbocycles. The van der Waals surface area contributed by atoms with Gasteiger partial charge in [0, 0.05) is 6.07 Å². The second-order valence-corrected chi connectivity index (χ2v) is 5.65. The molecule has 0 radical (unpaired) electrons. The van der Waals surface area contributed by atoms with Crippen molar-refractivity contribution in [2.24, 2.45) is 0 Å². The summed E-state index contributed by atoms with van der Waals surface area (Å²) >= 11 is 1.52. The number of carbonyl (C=O) groups excluding carboxylic acids is 1. The number of carbonyl (C=O) groups is 1. The number of thiophene rings is 1. The quantitative estimate of drug-likeness (QED) is 0.868. The van der Waals surface area contributed by atoms with Crippen molar-refractivity contribution in [1.29, 1.82) is 0 Å². The molecule has 2 aromatic heterocycles. The van der Waals surface area contributed by atoms with E-state index in [9.17, 15) is 4.79 Å². The van der Waals surface area contributed by atoms with Gasteiger partial charge in [0.2, 0.25) is 0 Å². The van der Waals surface area contributed by atoms with Crippen LogP contribution in [-0.4, -0.2) is 16.7 Å². The van der Waals surface area contributed by atoms with Gasteiger partial charge in [0.25, 0.3) is 5.91 Å². The molecule has 0 saturated carbocycles. The van der Waals surface area contributed by atoms with Crippen molar-refractivity contribution in [3.63, 3.8) is 0 Å². The predicted molar refractivity (Wildman–Crippen MR) is 68.1 cm³/mol. The fourth-order valence-corrected chi connectivity index (χ4v) is 1.84. The average molecular weight is 266 g/mol. The Labute approximate surface area is 109 Å². The highest BCUT2D eigenvalue weighted by Gasteiger charge is 2.17. The Hall–Kier alpha value is -1.66. The van der Waals surface area contributed by atoms with E-state index in [0.29, 0.717) is 5.76 Å². The van der Waals surface area contributed by atoms with Crippen LogP contribution >= 0.6 is 11.3 Å². The minimum Gasteiger partial charge on any atom is -0.355 e. The van der Waals surface area contributed by atoms with Crippen LogP contribution in [0.1, 0.15) is 31.3 Å². The lowest BCUT2D eigenvalue weighted by Crippen LogP contribution is -2.33. The number of nitrogens with one attached hydrogen (secondary N) is 1. The molecule has 0 bridgehead atoms. The van der Waals surface area contributed by atoms with Gasteiger partial charge in [-0.2, -0.15) is 0 Å². The summed E-state index contributed by atoms with van der Waals surface area (Å²) in [6, 6.07) is 5.40. The van der Waals surface area contributed by atoms with Gasteiger partial charge < -0.3 is 4.52 Å². The zero-order chi connectivity index (χ0) is 13.2. The molecule has 0 saturated heterocycles. The lowest BCUT2D eigenvalue weighted by molar-refractivity contribution is -0.0592. The summed E-state index contributed by atoms with van der Waals surface area (Å²) in [5, 5.41) is 5.64. The van der Waals surface area contributed by atoms with E-state index >= 15 is 0 Å². The Morgan fingerprint density at radius 2 is 2.28 bits per heavy atom. The first-order valence-corrected chi connectivity index (χ1v) is 6.32. The van der Waals surface area contributed by atoms with Gasteiger partial charge in [0.1, 0.15) is 0 Å². The highest BCUT2D eigenvalue weighted by atomic mass is 32.1. The van der Waals surface area contributed by atoms with Crippen LogP contribution in [0.4, 0.5) is 0 Å². The molecular formula is C12H14N2O3S. The standard InChI is InChI=1S/C12H14N2O3S/c1-12(2,3)17-14-11(15)8-7-9(16-13-8)10-5-4-6-18-10/h4-7H,1-3H3,(H,14,15). The summed E-state index contributed by atoms with van der Waals surface area (Å²) in [6.45, 7) is 5.52. The topological polar surface area (TPSA) is 64.4 Å². The smallest absolute Gasteiger partial charge is 0.297 e. The first-order chi connectivity index (χ1) is 8.46. The monoisotopic (exact) mass is 266 g/mol. The van der Waals surface area contributed by atoms with Crippen LogP contribution in [0.15, 0.2) is 28.1 Å². The van der Waals surface area contributed by atoms with Crippen LogP contribution in [0.3, 0.4) is 0 Å². The molecular weight excluding hydrogens is 252 g/mol. The molecule has 0 unspecified atom stereocenters. The summed E-state index contributed by atoms with van der Waals surface area (Å²) in [5.41, 5.74) is 2.09. The van der Waals surface area contributed by atoms with Crippen molar-refractivity contribution >= 4 is 17.2 Å². The molecule has 1 N–H and O–H groups in total. The summed E-state index contributed by atoms with van der Waals surface area (Å²) < 4.78 is 5.11. The lowest BCUT2D eigenvalue weighted by Gasteiger charge is -2.18. The zero-order valence-electron chi connectivity index (χ0n) is 10.4. The molecule has 6 heteroatoms. The maximum absolute atomic E-state index is 11.7. The second kappa shape index (κ2) is 4.91. The van der Waals surface area contributed by atoms with Gasteiger partial charge >= 0.3 is 0 Å². The lowest BCUT2D eigenvalue weighted by atomic mass is 10.2. The molecule has 0 atom stereocenters. The molecule has 2 aromatic rings. The van der Waals surface area contributed by atoms with E-state index < -0.39 is 11.5 Å². The maximum atomic E-state index is 11.7. The minimum absolute atomic E-state index is 0.197. The molecule has 2 heterocycles. The third-order valence-corrected chi connectivity index (χ3v) is 2.84. The normalized spacial score (nSPS) is 11.5. The van der Waals surface area contributed by atoms with Crippen LogP contribution in [0, 0.1) is 0 Å². The van der Waals surface area contributed by atoms with Crippen molar-refractivity contribution < 1.29 is 14.2 Å². The largest absolute Gasteiger partial charge is 0.355 e. The molecule has 0 spiro atoms. The van der Waals surface area contributed by atoms with Crippen molar-refractivity contribution in [2.45, 2.75) is 26.4 Å². The molecule has 0 aromatic carbocycles. The van der Waals surface area contributed by atoms with Gasteiger partial charge in [-0.15, -0.1) is 11.3 Å². The van der Waals surface area contributed by atoms with Crippen LogP contribution in [0.2, 0.25) is 0 Å². The molecule has 0 fully saturated rings. The van der Waals surface area contributed by atoms with E-state index in [-0.39, 0.29) is 5.69 Å². The van der Waals surface area contributed by atoms with Gasteiger partial charge in [-0.25, -0.2) is 5.48 Å². The van der Waals surface area contributed by atoms with Crippen molar-refractivity contribution in [3.05, 3.63) is 29.3 Å². The molecule has 18 heavy (non-hydrogen) atoms. The Morgan fingerprint density at radius 3 is 2.89 bits per heavy atom. The molecule has 1 amide bonds. The molecule has 0 aliphatic heterocycles. The molecule has 96 valence electrons. The zero-order valence-corrected chi connectivity index (χ0v) is 11.2. The molecule has 5 nitrogen and oxygen atoms in total. The Kier molecular flexibility index (Phi) is 3.49. The third-order valence-electron chi connectivity index (χ3n) is 1.96. The van der Waals surface area contributed by atoms with E-state index in [4.69, 9.17) is 9.36 Å². The van der Waals surface area contributed by atoms with Crippen molar-refractivity contribution in [3.8, 4) is 10.6 Å². The van der Waals surface area contributed by atoms with Crippen molar-refractivity contribution in [1.82, 2.24) is 10.6 Å². The molecule has 2 rings (SSSR count). The number of hydrogen-bond acceptors (Lipinski definition) is 5. The fourth-order valence-electron chi connectivity index (χ4n) is 1.17. The molecule has 0 aliphatic rings. The summed E-state index contributed by atoms with van der Waals surface area (Å²) in [6.07, 6.45) is 0. The van der Waals surface area contributed by atoms with Gasteiger partial charge in [0.15, 0.2) is 11.5 Å². The van der Waals surface area contributed by atoms with E-state index in [0.717, 1.165) is 4.88 Å². The third kappa shape index (κ3) is 3.18. The highest BCUT2D eigenvalue weighted by Crippen LogP contribution is 2.25. The first kappa shape index (κ1) is 12.8. The maximum Gasteiger partial charge on any atom is 0.297 e. The second-order valence-electron chi connectivity index (χ2n) is 4.70. The van der Waals surface area contributed by atoms with E-state index in [1.54, 1.807) is 6.07 Å². The van der Waals surface area contributed by atoms with E-state index in [1.165, 1.54) is 11.3 Å². The number of rotatable bonds is 3. The van der Waals surface area contributed by atoms with Crippen LogP contribution in [-0.2, 0) is 4.84 Å². The van der Waals surface area contributed by atoms with Gasteiger partial charge in [0.05, 0.1) is 10.5 Å². The van der Waals surface area contributed by atoms with Crippen LogP contribution in [0.25, 0.3) is 10.6 Å². The predicted octanol–water partition coefficient (Wildman–Crippen LogP) is 2.86. The number of nitrogens with zero attached hydrogens (tertiary/aromatic N) is 1. The number of hydrogen-bond donors (Lipinski definition) is 1.